The van der Waals surface area contributed by atoms with Gasteiger partial charge in [0, 0.05) is 29.0 Å². The second kappa shape index (κ2) is 5.46. The van der Waals surface area contributed by atoms with E-state index in [0.717, 1.165) is 21.4 Å². The molecule has 0 spiro atoms. The van der Waals surface area contributed by atoms with E-state index in [-0.39, 0.29) is 0 Å². The normalized spacial score (nSPS) is 10.1. The lowest BCUT2D eigenvalue weighted by molar-refractivity contribution is 1.17. The molecule has 0 aliphatic carbocycles. The first-order valence-corrected chi connectivity index (χ1v) is 6.53. The number of anilines is 2. The first kappa shape index (κ1) is 13.0. The lowest BCUT2D eigenvalue weighted by Gasteiger charge is -2.19. The third-order valence-corrected chi connectivity index (χ3v) is 3.51. The zero-order valence-electron chi connectivity index (χ0n) is 9.80. The number of pyridine rings is 1. The van der Waals surface area contributed by atoms with E-state index < -0.39 is 0 Å². The zero-order chi connectivity index (χ0) is 13.1. The first-order valence-electron chi connectivity index (χ1n) is 5.32. The van der Waals surface area contributed by atoms with Crippen molar-refractivity contribution in [1.29, 1.82) is 0 Å². The largest absolute Gasteiger partial charge is 0.389 e. The van der Waals surface area contributed by atoms with Crippen LogP contribution in [0.5, 0.6) is 0 Å². The Kier molecular flexibility index (Phi) is 3.93. The van der Waals surface area contributed by atoms with Crippen LogP contribution in [0, 0.1) is 0 Å². The van der Waals surface area contributed by atoms with Crippen molar-refractivity contribution in [1.82, 2.24) is 4.98 Å². The summed E-state index contributed by atoms with van der Waals surface area (Å²) < 4.78 is 0.892. The van der Waals surface area contributed by atoms with Crippen LogP contribution < -0.4 is 10.6 Å². The Hall–Kier alpha value is -1.46. The summed E-state index contributed by atoms with van der Waals surface area (Å²) in [5, 5.41) is 0. The topological polar surface area (TPSA) is 42.2 Å². The third-order valence-electron chi connectivity index (χ3n) is 2.64. The molecule has 0 aliphatic heterocycles. The minimum Gasteiger partial charge on any atom is -0.389 e. The molecule has 0 atom stereocenters. The number of nitrogens with zero attached hydrogens (tertiary/aromatic N) is 2. The molecule has 1 heterocycles. The number of nitrogens with two attached hydrogens (primary N) is 1. The lowest BCUT2D eigenvalue weighted by atomic mass is 10.2. The maximum Gasteiger partial charge on any atom is 0.105 e. The van der Waals surface area contributed by atoms with Gasteiger partial charge in [0.1, 0.15) is 4.99 Å². The Bertz CT molecular complexity index is 572. The van der Waals surface area contributed by atoms with Gasteiger partial charge >= 0.3 is 0 Å². The summed E-state index contributed by atoms with van der Waals surface area (Å²) in [7, 11) is 1.99. The smallest absolute Gasteiger partial charge is 0.105 e. The molecule has 0 amide bonds. The van der Waals surface area contributed by atoms with E-state index in [1.165, 1.54) is 0 Å². The summed E-state index contributed by atoms with van der Waals surface area (Å²) >= 11 is 8.45. The maximum absolute atomic E-state index is 5.63. The van der Waals surface area contributed by atoms with Crippen LogP contribution in [0.4, 0.5) is 11.4 Å². The molecular weight excluding hydrogens is 310 g/mol. The van der Waals surface area contributed by atoms with Crippen LogP contribution in [0.1, 0.15) is 5.56 Å². The summed E-state index contributed by atoms with van der Waals surface area (Å²) in [5.41, 5.74) is 8.53. The van der Waals surface area contributed by atoms with Crippen LogP contribution >= 0.6 is 28.1 Å². The van der Waals surface area contributed by atoms with E-state index in [0.29, 0.717) is 4.99 Å². The predicted octanol–water partition coefficient (Wildman–Crippen LogP) is 3.25. The molecular formula is C13H12BrN3S. The fourth-order valence-corrected chi connectivity index (χ4v) is 2.50. The molecule has 0 bridgehead atoms. The van der Waals surface area contributed by atoms with Gasteiger partial charge in [-0.15, -0.1) is 0 Å². The second-order valence-electron chi connectivity index (χ2n) is 3.80. The Morgan fingerprint density at radius 1 is 1.33 bits per heavy atom. The molecule has 0 saturated heterocycles. The van der Waals surface area contributed by atoms with E-state index in [2.05, 4.69) is 20.9 Å². The molecule has 92 valence electrons. The number of aromatic nitrogens is 1. The lowest BCUT2D eigenvalue weighted by Crippen LogP contribution is -2.12. The van der Waals surface area contributed by atoms with Gasteiger partial charge in [0.05, 0.1) is 11.9 Å². The summed E-state index contributed by atoms with van der Waals surface area (Å²) in [6.45, 7) is 0. The molecule has 1 aromatic heterocycles. The number of hydrogen-bond donors (Lipinski definition) is 1. The van der Waals surface area contributed by atoms with Crippen molar-refractivity contribution in [2.24, 2.45) is 5.73 Å². The van der Waals surface area contributed by atoms with Gasteiger partial charge < -0.3 is 10.6 Å². The van der Waals surface area contributed by atoms with Crippen molar-refractivity contribution >= 4 is 44.5 Å². The maximum atomic E-state index is 5.63. The first-order chi connectivity index (χ1) is 8.59. The van der Waals surface area contributed by atoms with Crippen molar-refractivity contribution < 1.29 is 0 Å². The summed E-state index contributed by atoms with van der Waals surface area (Å²) in [6.07, 6.45) is 3.57. The van der Waals surface area contributed by atoms with Crippen LogP contribution in [-0.2, 0) is 0 Å². The highest BCUT2D eigenvalue weighted by Crippen LogP contribution is 2.27. The van der Waals surface area contributed by atoms with Crippen LogP contribution in [0.25, 0.3) is 0 Å². The van der Waals surface area contributed by atoms with Crippen LogP contribution in [0.3, 0.4) is 0 Å². The van der Waals surface area contributed by atoms with Crippen LogP contribution in [0.2, 0.25) is 0 Å². The number of benzene rings is 1. The van der Waals surface area contributed by atoms with E-state index in [1.807, 2.05) is 48.5 Å². The standard InChI is InChI=1S/C13H12BrN3S/c1-17(10-3-2-6-16-8-10)9-4-5-11(13(15)18)12(14)7-9/h2-8H,1H3,(H2,15,18). The molecule has 0 unspecified atom stereocenters. The van der Waals surface area contributed by atoms with Gasteiger partial charge in [-0.25, -0.2) is 0 Å². The number of rotatable bonds is 3. The summed E-state index contributed by atoms with van der Waals surface area (Å²) in [4.78, 5) is 6.53. The van der Waals surface area contributed by atoms with E-state index in [4.69, 9.17) is 18.0 Å². The molecule has 2 aromatic rings. The van der Waals surface area contributed by atoms with Gasteiger partial charge in [-0.3, -0.25) is 4.98 Å². The fraction of sp³-hybridized carbons (Fsp3) is 0.0769. The van der Waals surface area contributed by atoms with Crippen molar-refractivity contribution in [3.63, 3.8) is 0 Å². The molecule has 0 fully saturated rings. The molecule has 2 N–H and O–H groups in total. The van der Waals surface area contributed by atoms with Crippen molar-refractivity contribution in [2.45, 2.75) is 0 Å². The highest BCUT2D eigenvalue weighted by molar-refractivity contribution is 9.10. The van der Waals surface area contributed by atoms with Gasteiger partial charge in [-0.05, 0) is 46.3 Å². The van der Waals surface area contributed by atoms with E-state index in [9.17, 15) is 0 Å². The van der Waals surface area contributed by atoms with Gasteiger partial charge in [0.25, 0.3) is 0 Å². The molecule has 5 heteroatoms. The molecule has 0 radical (unpaired) electrons. The van der Waals surface area contributed by atoms with Crippen molar-refractivity contribution in [3.05, 3.63) is 52.8 Å². The highest BCUT2D eigenvalue weighted by atomic mass is 79.9. The Labute approximate surface area is 120 Å². The molecule has 18 heavy (non-hydrogen) atoms. The Balaban J connectivity index is 2.35. The molecule has 2 rings (SSSR count). The van der Waals surface area contributed by atoms with Crippen molar-refractivity contribution in [2.75, 3.05) is 11.9 Å². The number of thiocarbonyl (C=S) groups is 1. The van der Waals surface area contributed by atoms with E-state index >= 15 is 0 Å². The fourth-order valence-electron chi connectivity index (χ4n) is 1.61. The number of halogens is 1. The quantitative estimate of drug-likeness (QED) is 0.881. The molecule has 0 aliphatic rings. The van der Waals surface area contributed by atoms with Gasteiger partial charge in [0.15, 0.2) is 0 Å². The third kappa shape index (κ3) is 2.68. The second-order valence-corrected chi connectivity index (χ2v) is 5.09. The van der Waals surface area contributed by atoms with Gasteiger partial charge in [-0.1, -0.05) is 12.2 Å². The average Bonchev–Trinajstić information content (AvgIpc) is 2.38. The van der Waals surface area contributed by atoms with Crippen molar-refractivity contribution in [3.8, 4) is 0 Å². The van der Waals surface area contributed by atoms with Gasteiger partial charge in [0.2, 0.25) is 0 Å². The zero-order valence-corrected chi connectivity index (χ0v) is 12.2. The minimum absolute atomic E-state index is 0.387. The highest BCUT2D eigenvalue weighted by Gasteiger charge is 2.08. The monoisotopic (exact) mass is 321 g/mol. The van der Waals surface area contributed by atoms with Crippen LogP contribution in [-0.4, -0.2) is 17.0 Å². The Morgan fingerprint density at radius 2 is 2.11 bits per heavy atom. The number of hydrogen-bond acceptors (Lipinski definition) is 3. The average molecular weight is 322 g/mol. The SMILES string of the molecule is CN(c1cccnc1)c1ccc(C(N)=S)c(Br)c1. The molecule has 0 saturated carbocycles. The predicted molar refractivity (Wildman–Crippen MR) is 82.3 cm³/mol. The molecule has 1 aromatic carbocycles. The van der Waals surface area contributed by atoms with E-state index in [1.54, 1.807) is 6.20 Å². The molecule has 3 nitrogen and oxygen atoms in total. The Morgan fingerprint density at radius 3 is 2.67 bits per heavy atom. The van der Waals surface area contributed by atoms with Gasteiger partial charge in [-0.2, -0.15) is 0 Å². The summed E-state index contributed by atoms with van der Waals surface area (Å²) in [5.74, 6) is 0. The van der Waals surface area contributed by atoms with Crippen LogP contribution in [0.15, 0.2) is 47.2 Å². The summed E-state index contributed by atoms with van der Waals surface area (Å²) in [6, 6.07) is 9.79. The minimum atomic E-state index is 0.387.